The number of amides is 1. The highest BCUT2D eigenvalue weighted by Crippen LogP contribution is 2.32. The molecule has 0 saturated carbocycles. The van der Waals surface area contributed by atoms with E-state index in [2.05, 4.69) is 15.5 Å². The van der Waals surface area contributed by atoms with Gasteiger partial charge in [0, 0.05) is 17.0 Å². The Hall–Kier alpha value is -2.63. The first-order valence-corrected chi connectivity index (χ1v) is 7.65. The van der Waals surface area contributed by atoms with Gasteiger partial charge in [0.1, 0.15) is 5.58 Å². The molecule has 0 saturated heterocycles. The number of nitrogens with one attached hydrogen (secondary N) is 1. The number of rotatable bonds is 4. The zero-order chi connectivity index (χ0) is 16.6. The van der Waals surface area contributed by atoms with E-state index >= 15 is 0 Å². The molecule has 1 amide bonds. The van der Waals surface area contributed by atoms with E-state index in [1.54, 1.807) is 0 Å². The fourth-order valence-electron chi connectivity index (χ4n) is 2.39. The molecule has 0 bridgehead atoms. The number of nitrogens with zero attached hydrogens (tertiary/aromatic N) is 2. The molecule has 0 radical (unpaired) electrons. The standard InChI is InChI=1S/C17H19N3O3/c1-5-10(3)18-16(21)17-19-15(20-23-17)14-11(4)12-8-6-7-9(2)13(12)22-14/h6-8,10H,5H2,1-4H3,(H,18,21)/t10-/m1/s1. The average molecular weight is 313 g/mol. The molecule has 120 valence electrons. The third kappa shape index (κ3) is 2.72. The van der Waals surface area contributed by atoms with Gasteiger partial charge in [-0.3, -0.25) is 4.79 Å². The molecular formula is C17H19N3O3. The first-order valence-electron chi connectivity index (χ1n) is 7.65. The van der Waals surface area contributed by atoms with Crippen molar-refractivity contribution in [2.24, 2.45) is 0 Å². The van der Waals surface area contributed by atoms with Crippen molar-refractivity contribution in [2.45, 2.75) is 40.2 Å². The lowest BCUT2D eigenvalue weighted by atomic mass is 10.1. The van der Waals surface area contributed by atoms with Crippen molar-refractivity contribution in [3.63, 3.8) is 0 Å². The van der Waals surface area contributed by atoms with Gasteiger partial charge in [0.05, 0.1) is 0 Å². The lowest BCUT2D eigenvalue weighted by Gasteiger charge is -2.07. The van der Waals surface area contributed by atoms with Gasteiger partial charge in [0.15, 0.2) is 5.76 Å². The van der Waals surface area contributed by atoms with Crippen LogP contribution in [0.4, 0.5) is 0 Å². The van der Waals surface area contributed by atoms with E-state index in [4.69, 9.17) is 8.94 Å². The lowest BCUT2D eigenvalue weighted by molar-refractivity contribution is 0.0895. The van der Waals surface area contributed by atoms with E-state index in [1.165, 1.54) is 0 Å². The number of carbonyl (C=O) groups is 1. The molecule has 1 atom stereocenters. The smallest absolute Gasteiger partial charge is 0.316 e. The number of aromatic nitrogens is 2. The van der Waals surface area contributed by atoms with Crippen LogP contribution in [0.2, 0.25) is 0 Å². The Labute approximate surface area is 133 Å². The van der Waals surface area contributed by atoms with Crippen LogP contribution in [-0.4, -0.2) is 22.1 Å². The zero-order valence-corrected chi connectivity index (χ0v) is 13.6. The minimum atomic E-state index is -0.372. The molecule has 0 aliphatic heterocycles. The molecule has 0 aliphatic rings. The summed E-state index contributed by atoms with van der Waals surface area (Å²) in [6.45, 7) is 7.83. The summed E-state index contributed by atoms with van der Waals surface area (Å²) in [5.74, 6) is 0.382. The number of benzene rings is 1. The first-order chi connectivity index (χ1) is 11.0. The van der Waals surface area contributed by atoms with Crippen LogP contribution >= 0.6 is 0 Å². The van der Waals surface area contributed by atoms with Gasteiger partial charge in [-0.15, -0.1) is 0 Å². The molecule has 2 aromatic heterocycles. The van der Waals surface area contributed by atoms with Crippen molar-refractivity contribution in [1.82, 2.24) is 15.5 Å². The zero-order valence-electron chi connectivity index (χ0n) is 13.6. The maximum absolute atomic E-state index is 12.0. The van der Waals surface area contributed by atoms with E-state index in [0.29, 0.717) is 5.76 Å². The number of furan rings is 1. The summed E-state index contributed by atoms with van der Waals surface area (Å²) in [5.41, 5.74) is 2.77. The molecule has 0 unspecified atom stereocenters. The molecule has 23 heavy (non-hydrogen) atoms. The minimum Gasteiger partial charge on any atom is -0.452 e. The van der Waals surface area contributed by atoms with Gasteiger partial charge in [-0.1, -0.05) is 30.3 Å². The largest absolute Gasteiger partial charge is 0.452 e. The molecule has 3 rings (SSSR count). The number of para-hydroxylation sites is 1. The number of fused-ring (bicyclic) bond motifs is 1. The summed E-state index contributed by atoms with van der Waals surface area (Å²) in [4.78, 5) is 16.2. The Morgan fingerprint density at radius 3 is 2.83 bits per heavy atom. The first kappa shape index (κ1) is 15.3. The number of aryl methyl sites for hydroxylation is 2. The number of hydrogen-bond donors (Lipinski definition) is 1. The fraction of sp³-hybridized carbons (Fsp3) is 0.353. The maximum atomic E-state index is 12.0. The quantitative estimate of drug-likeness (QED) is 0.795. The van der Waals surface area contributed by atoms with Gasteiger partial charge in [-0.25, -0.2) is 0 Å². The summed E-state index contributed by atoms with van der Waals surface area (Å²) in [6, 6.07) is 6.00. The maximum Gasteiger partial charge on any atom is 0.316 e. The Bertz CT molecular complexity index is 863. The Balaban J connectivity index is 1.96. The second-order valence-corrected chi connectivity index (χ2v) is 5.71. The van der Waals surface area contributed by atoms with Gasteiger partial charge in [0.25, 0.3) is 0 Å². The molecule has 0 spiro atoms. The van der Waals surface area contributed by atoms with Crippen molar-refractivity contribution in [2.75, 3.05) is 0 Å². The summed E-state index contributed by atoms with van der Waals surface area (Å²) in [6.07, 6.45) is 0.828. The van der Waals surface area contributed by atoms with Gasteiger partial charge in [-0.05, 0) is 32.8 Å². The second kappa shape index (κ2) is 5.87. The van der Waals surface area contributed by atoms with Crippen molar-refractivity contribution in [3.8, 4) is 11.6 Å². The molecule has 1 aromatic carbocycles. The van der Waals surface area contributed by atoms with Crippen LogP contribution in [0.3, 0.4) is 0 Å². The number of hydrogen-bond acceptors (Lipinski definition) is 5. The molecule has 0 fully saturated rings. The van der Waals surface area contributed by atoms with E-state index < -0.39 is 0 Å². The SMILES string of the molecule is CC[C@@H](C)NC(=O)c1nc(-c2oc3c(C)cccc3c2C)no1. The van der Waals surface area contributed by atoms with Crippen molar-refractivity contribution >= 4 is 16.9 Å². The molecule has 6 heteroatoms. The van der Waals surface area contributed by atoms with Crippen molar-refractivity contribution in [3.05, 3.63) is 35.2 Å². The van der Waals surface area contributed by atoms with E-state index in [9.17, 15) is 4.79 Å². The van der Waals surface area contributed by atoms with Gasteiger partial charge in [0.2, 0.25) is 5.82 Å². The van der Waals surface area contributed by atoms with Gasteiger partial charge >= 0.3 is 11.8 Å². The third-order valence-electron chi connectivity index (χ3n) is 3.97. The second-order valence-electron chi connectivity index (χ2n) is 5.71. The number of carbonyl (C=O) groups excluding carboxylic acids is 1. The van der Waals surface area contributed by atoms with Crippen LogP contribution in [-0.2, 0) is 0 Å². The van der Waals surface area contributed by atoms with Crippen LogP contribution in [0.25, 0.3) is 22.6 Å². The van der Waals surface area contributed by atoms with E-state index in [1.807, 2.05) is 45.9 Å². The third-order valence-corrected chi connectivity index (χ3v) is 3.97. The Morgan fingerprint density at radius 2 is 2.13 bits per heavy atom. The highest BCUT2D eigenvalue weighted by molar-refractivity contribution is 5.91. The molecular weight excluding hydrogens is 294 g/mol. The summed E-state index contributed by atoms with van der Waals surface area (Å²) >= 11 is 0. The monoisotopic (exact) mass is 313 g/mol. The average Bonchev–Trinajstić information content (AvgIpc) is 3.13. The van der Waals surface area contributed by atoms with Crippen LogP contribution < -0.4 is 5.32 Å². The van der Waals surface area contributed by atoms with Crippen LogP contribution in [0.5, 0.6) is 0 Å². The summed E-state index contributed by atoms with van der Waals surface area (Å²) < 4.78 is 11.0. The lowest BCUT2D eigenvalue weighted by Crippen LogP contribution is -2.32. The van der Waals surface area contributed by atoms with Crippen molar-refractivity contribution in [1.29, 1.82) is 0 Å². The van der Waals surface area contributed by atoms with E-state index in [-0.39, 0.29) is 23.7 Å². The highest BCUT2D eigenvalue weighted by atomic mass is 16.5. The Kier molecular flexibility index (Phi) is 3.90. The molecule has 2 heterocycles. The predicted octanol–water partition coefficient (Wildman–Crippen LogP) is 3.63. The normalized spacial score (nSPS) is 12.5. The summed E-state index contributed by atoms with van der Waals surface area (Å²) in [7, 11) is 0. The molecule has 0 aliphatic carbocycles. The van der Waals surface area contributed by atoms with E-state index in [0.717, 1.165) is 28.5 Å². The molecule has 3 aromatic rings. The summed E-state index contributed by atoms with van der Waals surface area (Å²) in [5, 5.41) is 7.69. The topological polar surface area (TPSA) is 81.2 Å². The Morgan fingerprint density at radius 1 is 1.35 bits per heavy atom. The molecule has 6 nitrogen and oxygen atoms in total. The highest BCUT2D eigenvalue weighted by Gasteiger charge is 2.22. The van der Waals surface area contributed by atoms with Crippen LogP contribution in [0.1, 0.15) is 42.1 Å². The van der Waals surface area contributed by atoms with Crippen molar-refractivity contribution < 1.29 is 13.7 Å². The fourth-order valence-corrected chi connectivity index (χ4v) is 2.39. The van der Waals surface area contributed by atoms with Crippen LogP contribution in [0.15, 0.2) is 27.1 Å². The van der Waals surface area contributed by atoms with Crippen LogP contribution in [0, 0.1) is 13.8 Å². The minimum absolute atomic E-state index is 0.0495. The van der Waals surface area contributed by atoms with Gasteiger partial charge in [-0.2, -0.15) is 4.98 Å². The predicted molar refractivity (Wildman–Crippen MR) is 86.2 cm³/mol. The van der Waals surface area contributed by atoms with Gasteiger partial charge < -0.3 is 14.3 Å². The molecule has 1 N–H and O–H groups in total.